The Balaban J connectivity index is 1.76. The summed E-state index contributed by atoms with van der Waals surface area (Å²) in [5.74, 6) is 1.84. The molecule has 1 aliphatic rings. The normalized spacial score (nSPS) is 18.9. The molecule has 0 saturated carbocycles. The summed E-state index contributed by atoms with van der Waals surface area (Å²) in [6.45, 7) is 14.2. The van der Waals surface area contributed by atoms with Gasteiger partial charge in [0.25, 0.3) is 0 Å². The topological polar surface area (TPSA) is 63.4 Å². The van der Waals surface area contributed by atoms with E-state index in [0.29, 0.717) is 36.3 Å². The largest absolute Gasteiger partial charge is 0.370 e. The molecule has 2 rings (SSSR count). The molecule has 1 aromatic rings. The second-order valence-electron chi connectivity index (χ2n) is 7.29. The van der Waals surface area contributed by atoms with Gasteiger partial charge in [0.1, 0.15) is 6.10 Å². The summed E-state index contributed by atoms with van der Waals surface area (Å²) in [6, 6.07) is 1.19. The maximum absolute atomic E-state index is 5.74. The lowest BCUT2D eigenvalue weighted by Gasteiger charge is -2.32. The molecule has 132 valence electrons. The number of piperidine rings is 1. The summed E-state index contributed by atoms with van der Waals surface area (Å²) in [5, 5.41) is 7.68. The second kappa shape index (κ2) is 8.76. The van der Waals surface area contributed by atoms with Gasteiger partial charge in [0.15, 0.2) is 5.82 Å². The summed E-state index contributed by atoms with van der Waals surface area (Å²) in [6.07, 6.45) is 2.23. The lowest BCUT2D eigenvalue weighted by Crippen LogP contribution is -2.44. The Labute approximate surface area is 140 Å². The highest BCUT2D eigenvalue weighted by molar-refractivity contribution is 4.91. The van der Waals surface area contributed by atoms with E-state index in [2.05, 4.69) is 48.1 Å². The van der Waals surface area contributed by atoms with Gasteiger partial charge in [-0.1, -0.05) is 32.9 Å². The molecule has 2 heterocycles. The zero-order chi connectivity index (χ0) is 16.8. The molecule has 0 spiro atoms. The monoisotopic (exact) mass is 324 g/mol. The van der Waals surface area contributed by atoms with Crippen LogP contribution in [0.3, 0.4) is 0 Å². The average molecular weight is 324 g/mol. The minimum absolute atomic E-state index is 0.115. The highest BCUT2D eigenvalue weighted by Crippen LogP contribution is 2.17. The fourth-order valence-electron chi connectivity index (χ4n) is 2.83. The van der Waals surface area contributed by atoms with Crippen molar-refractivity contribution in [2.24, 2.45) is 5.92 Å². The highest BCUT2D eigenvalue weighted by Gasteiger charge is 2.22. The second-order valence-corrected chi connectivity index (χ2v) is 7.29. The Morgan fingerprint density at radius 3 is 2.52 bits per heavy atom. The van der Waals surface area contributed by atoms with Crippen LogP contribution >= 0.6 is 0 Å². The molecule has 6 nitrogen and oxygen atoms in total. The summed E-state index contributed by atoms with van der Waals surface area (Å²) in [4.78, 5) is 6.87. The maximum atomic E-state index is 5.74. The minimum atomic E-state index is -0.115. The van der Waals surface area contributed by atoms with Crippen molar-refractivity contribution in [2.75, 3.05) is 19.7 Å². The van der Waals surface area contributed by atoms with Crippen LogP contribution in [0.2, 0.25) is 0 Å². The van der Waals surface area contributed by atoms with Gasteiger partial charge >= 0.3 is 0 Å². The van der Waals surface area contributed by atoms with Crippen LogP contribution in [-0.4, -0.2) is 46.8 Å². The van der Waals surface area contributed by atoms with Gasteiger partial charge in [0.2, 0.25) is 5.89 Å². The quantitative estimate of drug-likeness (QED) is 0.793. The van der Waals surface area contributed by atoms with Crippen molar-refractivity contribution in [3.05, 3.63) is 11.7 Å². The smallest absolute Gasteiger partial charge is 0.240 e. The van der Waals surface area contributed by atoms with Crippen LogP contribution in [0, 0.1) is 5.92 Å². The van der Waals surface area contributed by atoms with Gasteiger partial charge in [0, 0.05) is 31.8 Å². The first-order chi connectivity index (χ1) is 10.9. The van der Waals surface area contributed by atoms with Crippen molar-refractivity contribution in [2.45, 2.75) is 72.2 Å². The van der Waals surface area contributed by atoms with Gasteiger partial charge in [0.05, 0.1) is 6.54 Å². The zero-order valence-electron chi connectivity index (χ0n) is 15.2. The van der Waals surface area contributed by atoms with Crippen LogP contribution in [0.15, 0.2) is 4.52 Å². The van der Waals surface area contributed by atoms with Crippen molar-refractivity contribution in [1.82, 2.24) is 20.4 Å². The molecule has 0 unspecified atom stereocenters. The summed E-state index contributed by atoms with van der Waals surface area (Å²) < 4.78 is 11.1. The molecule has 0 amide bonds. The van der Waals surface area contributed by atoms with E-state index >= 15 is 0 Å². The molecule has 0 aliphatic carbocycles. The first-order valence-corrected chi connectivity index (χ1v) is 8.86. The fraction of sp³-hybridized carbons (Fsp3) is 0.882. The van der Waals surface area contributed by atoms with Gasteiger partial charge in [-0.15, -0.1) is 0 Å². The number of likely N-dealkylation sites (tertiary alicyclic amines) is 1. The standard InChI is InChI=1S/C17H32N4O2/c1-12(2)11-22-14(5)17-19-16(23-20-17)10-21-8-6-15(7-9-21)18-13(3)4/h12-15,18H,6-11H2,1-5H3/t14-/m0/s1. The van der Waals surface area contributed by atoms with Crippen LogP contribution in [0.4, 0.5) is 0 Å². The first kappa shape index (κ1) is 18.4. The molecule has 6 heteroatoms. The molecule has 23 heavy (non-hydrogen) atoms. The number of nitrogens with one attached hydrogen (secondary N) is 1. The fourth-order valence-corrected chi connectivity index (χ4v) is 2.83. The molecule has 0 aromatic carbocycles. The number of aromatic nitrogens is 2. The zero-order valence-corrected chi connectivity index (χ0v) is 15.2. The molecular formula is C17H32N4O2. The van der Waals surface area contributed by atoms with E-state index < -0.39 is 0 Å². The summed E-state index contributed by atoms with van der Waals surface area (Å²) in [7, 11) is 0. The summed E-state index contributed by atoms with van der Waals surface area (Å²) >= 11 is 0. The summed E-state index contributed by atoms with van der Waals surface area (Å²) in [5.41, 5.74) is 0. The Morgan fingerprint density at radius 2 is 1.91 bits per heavy atom. The molecule has 1 aliphatic heterocycles. The molecule has 0 radical (unpaired) electrons. The van der Waals surface area contributed by atoms with E-state index in [1.807, 2.05) is 6.92 Å². The lowest BCUT2D eigenvalue weighted by atomic mass is 10.0. The van der Waals surface area contributed by atoms with Crippen molar-refractivity contribution in [1.29, 1.82) is 0 Å². The van der Waals surface area contributed by atoms with Gasteiger partial charge in [-0.05, 0) is 25.7 Å². The number of ether oxygens (including phenoxy) is 1. The van der Waals surface area contributed by atoms with E-state index in [0.717, 1.165) is 19.6 Å². The third kappa shape index (κ3) is 6.20. The molecule has 1 aromatic heterocycles. The average Bonchev–Trinajstić information content (AvgIpc) is 2.95. The van der Waals surface area contributed by atoms with Gasteiger partial charge < -0.3 is 14.6 Å². The van der Waals surface area contributed by atoms with E-state index in [-0.39, 0.29) is 6.10 Å². The molecule has 1 N–H and O–H groups in total. The minimum Gasteiger partial charge on any atom is -0.370 e. The first-order valence-electron chi connectivity index (χ1n) is 8.86. The SMILES string of the molecule is CC(C)CO[C@@H](C)c1noc(CN2CCC(NC(C)C)CC2)n1. The number of nitrogens with zero attached hydrogens (tertiary/aromatic N) is 3. The predicted octanol–water partition coefficient (Wildman–Crippen LogP) is 2.77. The third-order valence-electron chi connectivity index (χ3n) is 4.04. The van der Waals surface area contributed by atoms with Crippen LogP contribution in [0.5, 0.6) is 0 Å². The van der Waals surface area contributed by atoms with Crippen LogP contribution in [0.1, 0.15) is 65.3 Å². The van der Waals surface area contributed by atoms with E-state index in [9.17, 15) is 0 Å². The van der Waals surface area contributed by atoms with Gasteiger partial charge in [-0.25, -0.2) is 0 Å². The lowest BCUT2D eigenvalue weighted by molar-refractivity contribution is 0.0402. The van der Waals surface area contributed by atoms with Crippen molar-refractivity contribution >= 4 is 0 Å². The van der Waals surface area contributed by atoms with E-state index in [1.54, 1.807) is 0 Å². The molecule has 1 fully saturated rings. The van der Waals surface area contributed by atoms with E-state index in [1.165, 1.54) is 12.8 Å². The Hall–Kier alpha value is -0.980. The predicted molar refractivity (Wildman–Crippen MR) is 90.1 cm³/mol. The highest BCUT2D eigenvalue weighted by atomic mass is 16.5. The molecule has 0 bridgehead atoms. The Bertz CT molecular complexity index is 453. The molecule has 1 saturated heterocycles. The van der Waals surface area contributed by atoms with Crippen molar-refractivity contribution < 1.29 is 9.26 Å². The Kier molecular flexibility index (Phi) is 6.99. The van der Waals surface area contributed by atoms with Gasteiger partial charge in [-0.3, -0.25) is 4.90 Å². The Morgan fingerprint density at radius 1 is 1.22 bits per heavy atom. The van der Waals surface area contributed by atoms with Crippen molar-refractivity contribution in [3.63, 3.8) is 0 Å². The molecule has 1 atom stereocenters. The van der Waals surface area contributed by atoms with Crippen LogP contribution < -0.4 is 5.32 Å². The van der Waals surface area contributed by atoms with Gasteiger partial charge in [-0.2, -0.15) is 4.98 Å². The number of hydrogen-bond acceptors (Lipinski definition) is 6. The number of hydrogen-bond donors (Lipinski definition) is 1. The van der Waals surface area contributed by atoms with Crippen LogP contribution in [-0.2, 0) is 11.3 Å². The van der Waals surface area contributed by atoms with Crippen LogP contribution in [0.25, 0.3) is 0 Å². The molecular weight excluding hydrogens is 292 g/mol. The number of rotatable bonds is 8. The maximum Gasteiger partial charge on any atom is 0.240 e. The van der Waals surface area contributed by atoms with Crippen molar-refractivity contribution in [3.8, 4) is 0 Å². The third-order valence-corrected chi connectivity index (χ3v) is 4.04. The van der Waals surface area contributed by atoms with E-state index in [4.69, 9.17) is 9.26 Å².